The van der Waals surface area contributed by atoms with E-state index in [4.69, 9.17) is 0 Å². The van der Waals surface area contributed by atoms with E-state index >= 15 is 0 Å². The highest BCUT2D eigenvalue weighted by molar-refractivity contribution is 5.74. The minimum atomic E-state index is -0.589. The number of nitrogens with zero attached hydrogens (tertiary/aromatic N) is 1. The van der Waals surface area contributed by atoms with Crippen LogP contribution in [-0.2, 0) is 0 Å². The fourth-order valence-corrected chi connectivity index (χ4v) is 1.96. The maximum Gasteiger partial charge on any atom is 0.317 e. The highest BCUT2D eigenvalue weighted by Gasteiger charge is 2.29. The van der Waals surface area contributed by atoms with Crippen LogP contribution >= 0.6 is 0 Å². The zero-order valence-electron chi connectivity index (χ0n) is 9.33. The zero-order valence-corrected chi connectivity index (χ0v) is 9.33. The first-order valence-corrected chi connectivity index (χ1v) is 5.85. The van der Waals surface area contributed by atoms with Crippen molar-refractivity contribution in [3.05, 3.63) is 0 Å². The van der Waals surface area contributed by atoms with Gasteiger partial charge in [0.2, 0.25) is 0 Å². The van der Waals surface area contributed by atoms with Gasteiger partial charge in [0.1, 0.15) is 0 Å². The van der Waals surface area contributed by atoms with Crippen molar-refractivity contribution in [2.24, 2.45) is 0 Å². The second kappa shape index (κ2) is 4.00. The first-order chi connectivity index (χ1) is 7.07. The van der Waals surface area contributed by atoms with Crippen molar-refractivity contribution < 1.29 is 9.90 Å². The summed E-state index contributed by atoms with van der Waals surface area (Å²) < 4.78 is 0. The molecule has 2 rings (SSSR count). The van der Waals surface area contributed by atoms with Gasteiger partial charge in [-0.2, -0.15) is 0 Å². The summed E-state index contributed by atoms with van der Waals surface area (Å²) in [4.78, 5) is 13.6. The largest absolute Gasteiger partial charge is 0.390 e. The molecule has 1 saturated heterocycles. The van der Waals surface area contributed by atoms with Gasteiger partial charge < -0.3 is 15.3 Å². The van der Waals surface area contributed by atoms with E-state index in [1.807, 2.05) is 11.8 Å². The standard InChI is InChI=1S/C11H20N2O2/c1-11(15)5-2-7-13(8-6-11)10(14)12-9-3-4-9/h9,15H,2-8H2,1H3,(H,12,14). The highest BCUT2D eigenvalue weighted by Crippen LogP contribution is 2.23. The molecule has 1 heterocycles. The molecule has 2 aliphatic rings. The molecule has 2 amide bonds. The lowest BCUT2D eigenvalue weighted by molar-refractivity contribution is 0.0457. The molecule has 15 heavy (non-hydrogen) atoms. The number of amides is 2. The molecule has 0 radical (unpaired) electrons. The number of urea groups is 1. The van der Waals surface area contributed by atoms with Crippen LogP contribution in [0.4, 0.5) is 4.79 Å². The summed E-state index contributed by atoms with van der Waals surface area (Å²) in [5.74, 6) is 0. The van der Waals surface area contributed by atoms with Crippen LogP contribution in [0.2, 0.25) is 0 Å². The minimum Gasteiger partial charge on any atom is -0.390 e. The molecule has 4 nitrogen and oxygen atoms in total. The van der Waals surface area contributed by atoms with Crippen molar-refractivity contribution in [2.45, 2.75) is 50.7 Å². The highest BCUT2D eigenvalue weighted by atomic mass is 16.3. The third kappa shape index (κ3) is 3.09. The van der Waals surface area contributed by atoms with Crippen LogP contribution in [-0.4, -0.2) is 40.8 Å². The third-order valence-corrected chi connectivity index (χ3v) is 3.26. The zero-order chi connectivity index (χ0) is 10.9. The maximum absolute atomic E-state index is 11.7. The Bertz CT molecular complexity index is 249. The third-order valence-electron chi connectivity index (χ3n) is 3.26. The molecule has 1 aliphatic heterocycles. The van der Waals surface area contributed by atoms with Gasteiger partial charge in [-0.15, -0.1) is 0 Å². The van der Waals surface area contributed by atoms with Gasteiger partial charge >= 0.3 is 6.03 Å². The molecule has 4 heteroatoms. The molecule has 86 valence electrons. The van der Waals surface area contributed by atoms with Crippen molar-refractivity contribution in [1.82, 2.24) is 10.2 Å². The molecule has 1 unspecified atom stereocenters. The van der Waals surface area contributed by atoms with E-state index in [0.29, 0.717) is 19.0 Å². The van der Waals surface area contributed by atoms with Crippen LogP contribution in [0.1, 0.15) is 39.0 Å². The lowest BCUT2D eigenvalue weighted by Crippen LogP contribution is -2.42. The van der Waals surface area contributed by atoms with E-state index in [0.717, 1.165) is 32.2 Å². The molecule has 0 aromatic heterocycles. The second-order valence-electron chi connectivity index (χ2n) is 5.06. The van der Waals surface area contributed by atoms with Gasteiger partial charge in [0.15, 0.2) is 0 Å². The summed E-state index contributed by atoms with van der Waals surface area (Å²) in [6.45, 7) is 3.30. The SMILES string of the molecule is CC1(O)CCCN(C(=O)NC2CC2)CC1. The van der Waals surface area contributed by atoms with Crippen molar-refractivity contribution in [3.8, 4) is 0 Å². The second-order valence-corrected chi connectivity index (χ2v) is 5.06. The fraction of sp³-hybridized carbons (Fsp3) is 0.909. The molecular weight excluding hydrogens is 192 g/mol. The Hall–Kier alpha value is -0.770. The number of hydrogen-bond donors (Lipinski definition) is 2. The van der Waals surface area contributed by atoms with Gasteiger partial charge in [-0.05, 0) is 39.0 Å². The number of likely N-dealkylation sites (tertiary alicyclic amines) is 1. The van der Waals surface area contributed by atoms with Crippen molar-refractivity contribution in [3.63, 3.8) is 0 Å². The summed E-state index contributed by atoms with van der Waals surface area (Å²) in [6.07, 6.45) is 4.62. The summed E-state index contributed by atoms with van der Waals surface area (Å²) >= 11 is 0. The van der Waals surface area contributed by atoms with Gasteiger partial charge in [0.25, 0.3) is 0 Å². The summed E-state index contributed by atoms with van der Waals surface area (Å²) in [5.41, 5.74) is -0.589. The van der Waals surface area contributed by atoms with Crippen LogP contribution in [0.5, 0.6) is 0 Å². The van der Waals surface area contributed by atoms with Crippen LogP contribution in [0.15, 0.2) is 0 Å². The molecular formula is C11H20N2O2. The van der Waals surface area contributed by atoms with Crippen LogP contribution in [0, 0.1) is 0 Å². The van der Waals surface area contributed by atoms with Crippen LogP contribution < -0.4 is 5.32 Å². The molecule has 1 aliphatic carbocycles. The van der Waals surface area contributed by atoms with Crippen molar-refractivity contribution >= 4 is 6.03 Å². The number of aliphatic hydroxyl groups is 1. The Labute approximate surface area is 90.6 Å². The van der Waals surface area contributed by atoms with Crippen LogP contribution in [0.3, 0.4) is 0 Å². The van der Waals surface area contributed by atoms with E-state index in [-0.39, 0.29) is 6.03 Å². The molecule has 1 saturated carbocycles. The van der Waals surface area contributed by atoms with Crippen LogP contribution in [0.25, 0.3) is 0 Å². The average Bonchev–Trinajstić information content (AvgIpc) is 2.93. The smallest absolute Gasteiger partial charge is 0.317 e. The number of carbonyl (C=O) groups excluding carboxylic acids is 1. The molecule has 2 fully saturated rings. The van der Waals surface area contributed by atoms with E-state index in [9.17, 15) is 9.90 Å². The lowest BCUT2D eigenvalue weighted by Gasteiger charge is -2.22. The van der Waals surface area contributed by atoms with E-state index in [1.54, 1.807) is 0 Å². The summed E-state index contributed by atoms with van der Waals surface area (Å²) in [6, 6.07) is 0.469. The van der Waals surface area contributed by atoms with Gasteiger partial charge in [-0.25, -0.2) is 4.79 Å². The predicted octanol–water partition coefficient (Wildman–Crippen LogP) is 1.10. The predicted molar refractivity (Wildman–Crippen MR) is 57.6 cm³/mol. The first-order valence-electron chi connectivity index (χ1n) is 5.85. The van der Waals surface area contributed by atoms with Gasteiger partial charge in [-0.3, -0.25) is 0 Å². The van der Waals surface area contributed by atoms with Gasteiger partial charge in [-0.1, -0.05) is 0 Å². The number of carbonyl (C=O) groups is 1. The average molecular weight is 212 g/mol. The monoisotopic (exact) mass is 212 g/mol. The molecule has 0 aromatic carbocycles. The maximum atomic E-state index is 11.7. The van der Waals surface area contributed by atoms with Crippen molar-refractivity contribution in [1.29, 1.82) is 0 Å². The lowest BCUT2D eigenvalue weighted by atomic mass is 9.98. The topological polar surface area (TPSA) is 52.6 Å². The van der Waals surface area contributed by atoms with E-state index < -0.39 is 5.60 Å². The number of rotatable bonds is 1. The van der Waals surface area contributed by atoms with E-state index in [2.05, 4.69) is 5.32 Å². The van der Waals surface area contributed by atoms with Gasteiger partial charge in [0.05, 0.1) is 5.60 Å². The van der Waals surface area contributed by atoms with Gasteiger partial charge in [0, 0.05) is 19.1 Å². The van der Waals surface area contributed by atoms with E-state index in [1.165, 1.54) is 0 Å². The molecule has 1 atom stereocenters. The Morgan fingerprint density at radius 3 is 2.80 bits per heavy atom. The quantitative estimate of drug-likeness (QED) is 0.683. The molecule has 0 aromatic rings. The molecule has 0 spiro atoms. The summed E-state index contributed by atoms with van der Waals surface area (Å²) in [7, 11) is 0. The summed E-state index contributed by atoms with van der Waals surface area (Å²) in [5, 5.41) is 12.9. The number of nitrogens with one attached hydrogen (secondary N) is 1. The minimum absolute atomic E-state index is 0.0511. The van der Waals surface area contributed by atoms with Crippen molar-refractivity contribution in [2.75, 3.05) is 13.1 Å². The normalized spacial score (nSPS) is 32.3. The first kappa shape index (κ1) is 10.7. The number of hydrogen-bond acceptors (Lipinski definition) is 2. The molecule has 0 bridgehead atoms. The Kier molecular flexibility index (Phi) is 2.87. The molecule has 2 N–H and O–H groups in total. The Balaban J connectivity index is 1.84. The Morgan fingerprint density at radius 1 is 1.40 bits per heavy atom. The Morgan fingerprint density at radius 2 is 2.13 bits per heavy atom. The fourth-order valence-electron chi connectivity index (χ4n) is 1.96.